The number of rotatable bonds is 6. The minimum Gasteiger partial charge on any atom is -0.353 e. The Kier molecular flexibility index (Phi) is 4.82. The van der Waals surface area contributed by atoms with Crippen LogP contribution in [0.5, 0.6) is 0 Å². The van der Waals surface area contributed by atoms with Gasteiger partial charge < -0.3 is 20.1 Å². The highest BCUT2D eigenvalue weighted by molar-refractivity contribution is 5.80. The molecule has 1 fully saturated rings. The molecule has 2 N–H and O–H groups in total. The van der Waals surface area contributed by atoms with Crippen molar-refractivity contribution in [3.8, 4) is 0 Å². The number of aromatic nitrogens is 2. The second kappa shape index (κ2) is 6.60. The molecule has 0 bridgehead atoms. The second-order valence-electron chi connectivity index (χ2n) is 5.53. The summed E-state index contributed by atoms with van der Waals surface area (Å²) < 4.78 is 1.89. The Morgan fingerprint density at radius 2 is 2.24 bits per heavy atom. The van der Waals surface area contributed by atoms with Crippen LogP contribution in [0.4, 0.5) is 4.79 Å². The molecule has 0 spiro atoms. The minimum atomic E-state index is -0.308. The normalized spacial score (nSPS) is 16.2. The van der Waals surface area contributed by atoms with Gasteiger partial charge in [-0.1, -0.05) is 13.8 Å². The smallest absolute Gasteiger partial charge is 0.317 e. The zero-order chi connectivity index (χ0) is 15.4. The Bertz CT molecular complexity index is 511. The molecular formula is C14H23N5O2. The molecule has 3 amide bonds. The maximum Gasteiger partial charge on any atom is 0.317 e. The molecule has 1 atom stereocenters. The average molecular weight is 293 g/mol. The summed E-state index contributed by atoms with van der Waals surface area (Å²) in [5.74, 6) is 1.11. The number of nitrogens with one attached hydrogen (secondary N) is 2. The number of carbonyl (C=O) groups excluding carboxylic acids is 2. The number of urea groups is 1. The number of amides is 3. The summed E-state index contributed by atoms with van der Waals surface area (Å²) >= 11 is 0. The van der Waals surface area contributed by atoms with Gasteiger partial charge in [0.05, 0.1) is 0 Å². The van der Waals surface area contributed by atoms with Crippen LogP contribution in [0.1, 0.15) is 38.6 Å². The molecule has 1 aromatic rings. The Hall–Kier alpha value is -2.05. The lowest BCUT2D eigenvalue weighted by molar-refractivity contribution is -0.123. The first kappa shape index (κ1) is 15.3. The van der Waals surface area contributed by atoms with Gasteiger partial charge in [-0.2, -0.15) is 0 Å². The number of nitrogens with zero attached hydrogens (tertiary/aromatic N) is 3. The highest BCUT2D eigenvalue weighted by atomic mass is 16.2. The van der Waals surface area contributed by atoms with Gasteiger partial charge in [-0.25, -0.2) is 9.78 Å². The molecule has 0 saturated carbocycles. The highest BCUT2D eigenvalue weighted by Gasteiger charge is 2.21. The van der Waals surface area contributed by atoms with Gasteiger partial charge in [0, 0.05) is 44.5 Å². The second-order valence-corrected chi connectivity index (χ2v) is 5.53. The quantitative estimate of drug-likeness (QED) is 0.810. The van der Waals surface area contributed by atoms with Crippen molar-refractivity contribution < 1.29 is 9.59 Å². The van der Waals surface area contributed by atoms with Gasteiger partial charge in [0.2, 0.25) is 5.91 Å². The van der Waals surface area contributed by atoms with Crippen molar-refractivity contribution in [2.75, 3.05) is 26.2 Å². The minimum absolute atomic E-state index is 0.0606. The van der Waals surface area contributed by atoms with Crippen molar-refractivity contribution in [3.63, 3.8) is 0 Å². The van der Waals surface area contributed by atoms with Gasteiger partial charge in [-0.15, -0.1) is 0 Å². The van der Waals surface area contributed by atoms with E-state index in [1.54, 1.807) is 11.1 Å². The molecular weight excluding hydrogens is 270 g/mol. The van der Waals surface area contributed by atoms with E-state index in [0.29, 0.717) is 26.2 Å². The predicted octanol–water partition coefficient (Wildman–Crippen LogP) is 0.709. The van der Waals surface area contributed by atoms with Crippen LogP contribution in [0.15, 0.2) is 12.4 Å². The average Bonchev–Trinajstić information content (AvgIpc) is 3.07. The van der Waals surface area contributed by atoms with Crippen molar-refractivity contribution >= 4 is 11.9 Å². The summed E-state index contributed by atoms with van der Waals surface area (Å²) in [7, 11) is 0. The molecule has 2 rings (SSSR count). The van der Waals surface area contributed by atoms with E-state index in [0.717, 1.165) is 5.82 Å². The van der Waals surface area contributed by atoms with E-state index in [2.05, 4.69) is 29.5 Å². The third-order valence-corrected chi connectivity index (χ3v) is 3.64. The lowest BCUT2D eigenvalue weighted by atomic mass is 10.2. The van der Waals surface area contributed by atoms with E-state index in [9.17, 15) is 9.59 Å². The fraction of sp³-hybridized carbons (Fsp3) is 0.643. The molecule has 2 heterocycles. The molecule has 0 aliphatic carbocycles. The standard InChI is InChI=1S/C14H23N5O2/c1-10(2)12-15-6-9-19(12)11(3)13(20)16-4-7-18-8-5-17-14(18)21/h6,9-11H,4-5,7-8H2,1-3H3,(H,16,20)(H,17,21)/t11-/m1/s1. The highest BCUT2D eigenvalue weighted by Crippen LogP contribution is 2.17. The van der Waals surface area contributed by atoms with E-state index in [1.165, 1.54) is 0 Å². The van der Waals surface area contributed by atoms with Crippen LogP contribution in [0.3, 0.4) is 0 Å². The third kappa shape index (κ3) is 3.53. The number of carbonyl (C=O) groups is 2. The number of hydrogen-bond donors (Lipinski definition) is 2. The molecule has 7 heteroatoms. The van der Waals surface area contributed by atoms with E-state index < -0.39 is 0 Å². The predicted molar refractivity (Wildman–Crippen MR) is 79.0 cm³/mol. The molecule has 116 valence electrons. The largest absolute Gasteiger partial charge is 0.353 e. The fourth-order valence-corrected chi connectivity index (χ4v) is 2.41. The third-order valence-electron chi connectivity index (χ3n) is 3.64. The van der Waals surface area contributed by atoms with Gasteiger partial charge in [0.25, 0.3) is 0 Å². The topological polar surface area (TPSA) is 79.3 Å². The molecule has 1 aromatic heterocycles. The van der Waals surface area contributed by atoms with E-state index in [1.807, 2.05) is 17.7 Å². The van der Waals surface area contributed by atoms with Gasteiger partial charge in [-0.05, 0) is 6.92 Å². The molecule has 0 aromatic carbocycles. The molecule has 21 heavy (non-hydrogen) atoms. The summed E-state index contributed by atoms with van der Waals surface area (Å²) in [6.07, 6.45) is 3.54. The number of imidazole rings is 1. The molecule has 1 aliphatic rings. The monoisotopic (exact) mass is 293 g/mol. The van der Waals surface area contributed by atoms with Crippen LogP contribution in [0, 0.1) is 0 Å². The van der Waals surface area contributed by atoms with Gasteiger partial charge in [-0.3, -0.25) is 4.79 Å². The first-order chi connectivity index (χ1) is 10.0. The van der Waals surface area contributed by atoms with Crippen LogP contribution >= 0.6 is 0 Å². The van der Waals surface area contributed by atoms with Crippen molar-refractivity contribution in [1.29, 1.82) is 0 Å². The summed E-state index contributed by atoms with van der Waals surface area (Å²) in [4.78, 5) is 29.6. The summed E-state index contributed by atoms with van der Waals surface area (Å²) in [5.41, 5.74) is 0. The van der Waals surface area contributed by atoms with E-state index in [-0.39, 0.29) is 23.9 Å². The maximum atomic E-state index is 12.2. The Balaban J connectivity index is 1.85. The summed E-state index contributed by atoms with van der Waals surface area (Å²) in [6, 6.07) is -0.369. The zero-order valence-electron chi connectivity index (χ0n) is 12.8. The van der Waals surface area contributed by atoms with Crippen molar-refractivity contribution in [1.82, 2.24) is 25.1 Å². The summed E-state index contributed by atoms with van der Waals surface area (Å²) in [6.45, 7) is 8.32. The van der Waals surface area contributed by atoms with Crippen molar-refractivity contribution in [2.24, 2.45) is 0 Å². The first-order valence-electron chi connectivity index (χ1n) is 7.34. The van der Waals surface area contributed by atoms with Crippen LogP contribution in [-0.4, -0.2) is 52.6 Å². The molecule has 1 saturated heterocycles. The maximum absolute atomic E-state index is 12.2. The van der Waals surface area contributed by atoms with Crippen LogP contribution in [0.25, 0.3) is 0 Å². The lowest BCUT2D eigenvalue weighted by Gasteiger charge is -2.19. The van der Waals surface area contributed by atoms with Gasteiger partial charge in [0.1, 0.15) is 11.9 Å². The summed E-state index contributed by atoms with van der Waals surface area (Å²) in [5, 5.41) is 5.61. The Morgan fingerprint density at radius 1 is 1.48 bits per heavy atom. The zero-order valence-corrected chi connectivity index (χ0v) is 12.8. The first-order valence-corrected chi connectivity index (χ1v) is 7.34. The van der Waals surface area contributed by atoms with Crippen LogP contribution < -0.4 is 10.6 Å². The lowest BCUT2D eigenvalue weighted by Crippen LogP contribution is -2.39. The molecule has 1 aliphatic heterocycles. The van der Waals surface area contributed by atoms with Crippen LogP contribution in [-0.2, 0) is 4.79 Å². The van der Waals surface area contributed by atoms with Crippen molar-refractivity contribution in [3.05, 3.63) is 18.2 Å². The van der Waals surface area contributed by atoms with E-state index >= 15 is 0 Å². The fourth-order valence-electron chi connectivity index (χ4n) is 2.41. The van der Waals surface area contributed by atoms with Crippen LogP contribution in [0.2, 0.25) is 0 Å². The van der Waals surface area contributed by atoms with Gasteiger partial charge >= 0.3 is 6.03 Å². The van der Waals surface area contributed by atoms with Crippen molar-refractivity contribution in [2.45, 2.75) is 32.7 Å². The molecule has 0 radical (unpaired) electrons. The molecule has 0 unspecified atom stereocenters. The Morgan fingerprint density at radius 3 is 2.86 bits per heavy atom. The van der Waals surface area contributed by atoms with E-state index in [4.69, 9.17) is 0 Å². The SMILES string of the molecule is CC(C)c1nccn1[C@H](C)C(=O)NCCN1CCNC1=O. The number of hydrogen-bond acceptors (Lipinski definition) is 3. The molecule has 7 nitrogen and oxygen atoms in total. The Labute approximate surface area is 124 Å². The van der Waals surface area contributed by atoms with Gasteiger partial charge in [0.15, 0.2) is 0 Å².